The van der Waals surface area contributed by atoms with Crippen LogP contribution in [0.15, 0.2) is 42.5 Å². The van der Waals surface area contributed by atoms with Crippen molar-refractivity contribution in [3.8, 4) is 11.5 Å². The summed E-state index contributed by atoms with van der Waals surface area (Å²) in [6, 6.07) is 12.4. The average molecular weight is 272 g/mol. The number of hydrogen-bond acceptors (Lipinski definition) is 3. The number of phenols is 1. The minimum atomic E-state index is -1.16. The molecule has 20 heavy (non-hydrogen) atoms. The van der Waals surface area contributed by atoms with E-state index in [9.17, 15) is 9.90 Å². The Morgan fingerprint density at radius 2 is 1.85 bits per heavy atom. The summed E-state index contributed by atoms with van der Waals surface area (Å²) in [7, 11) is 0. The van der Waals surface area contributed by atoms with Crippen molar-refractivity contribution in [2.24, 2.45) is 0 Å². The van der Waals surface area contributed by atoms with Gasteiger partial charge in [0.15, 0.2) is 0 Å². The Hall–Kier alpha value is -2.49. The Kier molecular flexibility index (Phi) is 4.25. The number of aryl methyl sites for hydroxylation is 1. The SMILES string of the molecule is Cc1ccc(CCOc2ccc(C(=O)O)c(O)c2)cc1. The van der Waals surface area contributed by atoms with Crippen LogP contribution in [0, 0.1) is 6.92 Å². The first-order chi connectivity index (χ1) is 9.56. The number of ether oxygens (including phenoxy) is 1. The second-order valence-electron chi connectivity index (χ2n) is 4.57. The van der Waals surface area contributed by atoms with E-state index in [0.717, 1.165) is 6.42 Å². The van der Waals surface area contributed by atoms with Crippen LogP contribution in [-0.4, -0.2) is 22.8 Å². The van der Waals surface area contributed by atoms with Crippen molar-refractivity contribution in [2.75, 3.05) is 6.61 Å². The molecule has 0 spiro atoms. The van der Waals surface area contributed by atoms with Crippen LogP contribution >= 0.6 is 0 Å². The summed E-state index contributed by atoms with van der Waals surface area (Å²) in [6.07, 6.45) is 0.752. The lowest BCUT2D eigenvalue weighted by Gasteiger charge is -2.08. The summed E-state index contributed by atoms with van der Waals surface area (Å²) in [4.78, 5) is 10.8. The molecule has 2 aromatic carbocycles. The van der Waals surface area contributed by atoms with Crippen LogP contribution in [0.4, 0.5) is 0 Å². The van der Waals surface area contributed by atoms with Gasteiger partial charge in [-0.3, -0.25) is 0 Å². The average Bonchev–Trinajstić information content (AvgIpc) is 2.41. The van der Waals surface area contributed by atoms with Gasteiger partial charge in [-0.05, 0) is 24.6 Å². The predicted molar refractivity (Wildman–Crippen MR) is 75.4 cm³/mol. The van der Waals surface area contributed by atoms with Crippen molar-refractivity contribution < 1.29 is 19.7 Å². The number of benzene rings is 2. The molecule has 4 nitrogen and oxygen atoms in total. The van der Waals surface area contributed by atoms with Gasteiger partial charge in [-0.1, -0.05) is 29.8 Å². The fourth-order valence-corrected chi connectivity index (χ4v) is 1.82. The van der Waals surface area contributed by atoms with Gasteiger partial charge in [0.2, 0.25) is 0 Å². The Labute approximate surface area is 117 Å². The van der Waals surface area contributed by atoms with Gasteiger partial charge in [-0.15, -0.1) is 0 Å². The molecule has 2 rings (SSSR count). The molecule has 0 atom stereocenters. The summed E-state index contributed by atoms with van der Waals surface area (Å²) in [6.45, 7) is 2.50. The van der Waals surface area contributed by atoms with Crippen LogP contribution in [0.3, 0.4) is 0 Å². The maximum Gasteiger partial charge on any atom is 0.339 e. The lowest BCUT2D eigenvalue weighted by atomic mass is 10.1. The fraction of sp³-hybridized carbons (Fsp3) is 0.188. The van der Waals surface area contributed by atoms with Crippen molar-refractivity contribution in [3.05, 3.63) is 59.2 Å². The Morgan fingerprint density at radius 3 is 2.45 bits per heavy atom. The summed E-state index contributed by atoms with van der Waals surface area (Å²) in [5.74, 6) is -0.987. The minimum absolute atomic E-state index is 0.129. The highest BCUT2D eigenvalue weighted by atomic mass is 16.5. The number of carbonyl (C=O) groups is 1. The van der Waals surface area contributed by atoms with Gasteiger partial charge in [-0.2, -0.15) is 0 Å². The topological polar surface area (TPSA) is 66.8 Å². The molecule has 0 heterocycles. The minimum Gasteiger partial charge on any atom is -0.507 e. The smallest absolute Gasteiger partial charge is 0.339 e. The first-order valence-electron chi connectivity index (χ1n) is 6.31. The highest BCUT2D eigenvalue weighted by Crippen LogP contribution is 2.23. The Morgan fingerprint density at radius 1 is 1.15 bits per heavy atom. The van der Waals surface area contributed by atoms with E-state index in [-0.39, 0.29) is 11.3 Å². The summed E-state index contributed by atoms with van der Waals surface area (Å²) in [5.41, 5.74) is 2.25. The van der Waals surface area contributed by atoms with Gasteiger partial charge in [-0.25, -0.2) is 4.79 Å². The zero-order valence-electron chi connectivity index (χ0n) is 11.2. The van der Waals surface area contributed by atoms with Crippen molar-refractivity contribution in [1.29, 1.82) is 0 Å². The first-order valence-corrected chi connectivity index (χ1v) is 6.31. The van der Waals surface area contributed by atoms with E-state index >= 15 is 0 Å². The van der Waals surface area contributed by atoms with Gasteiger partial charge in [0.05, 0.1) is 6.61 Å². The van der Waals surface area contributed by atoms with E-state index in [1.54, 1.807) is 0 Å². The number of hydrogen-bond donors (Lipinski definition) is 2. The monoisotopic (exact) mass is 272 g/mol. The summed E-state index contributed by atoms with van der Waals surface area (Å²) < 4.78 is 5.50. The standard InChI is InChI=1S/C16H16O4/c1-11-2-4-12(5-3-11)8-9-20-13-6-7-14(16(18)19)15(17)10-13/h2-7,10,17H,8-9H2,1H3,(H,18,19). The third kappa shape index (κ3) is 3.51. The molecule has 0 aliphatic rings. The third-order valence-corrected chi connectivity index (χ3v) is 2.98. The van der Waals surface area contributed by atoms with Gasteiger partial charge >= 0.3 is 5.97 Å². The van der Waals surface area contributed by atoms with Crippen molar-refractivity contribution >= 4 is 5.97 Å². The van der Waals surface area contributed by atoms with Crippen LogP contribution in [0.2, 0.25) is 0 Å². The molecule has 2 N–H and O–H groups in total. The molecule has 0 unspecified atom stereocenters. The molecule has 0 aromatic heterocycles. The van der Waals surface area contributed by atoms with Gasteiger partial charge in [0.25, 0.3) is 0 Å². The first kappa shape index (κ1) is 13.9. The molecule has 0 fully saturated rings. The molecule has 0 amide bonds. The van der Waals surface area contributed by atoms with E-state index in [1.165, 1.54) is 29.3 Å². The van der Waals surface area contributed by atoms with Gasteiger partial charge in [0, 0.05) is 12.5 Å². The highest BCUT2D eigenvalue weighted by Gasteiger charge is 2.09. The summed E-state index contributed by atoms with van der Waals surface area (Å²) in [5, 5.41) is 18.4. The van der Waals surface area contributed by atoms with Crippen LogP contribution in [-0.2, 0) is 6.42 Å². The van der Waals surface area contributed by atoms with Gasteiger partial charge < -0.3 is 14.9 Å². The largest absolute Gasteiger partial charge is 0.507 e. The maximum atomic E-state index is 10.8. The van der Waals surface area contributed by atoms with Crippen molar-refractivity contribution in [3.63, 3.8) is 0 Å². The Bertz CT molecular complexity index is 602. The molecule has 0 aliphatic heterocycles. The lowest BCUT2D eigenvalue weighted by Crippen LogP contribution is -2.02. The Balaban J connectivity index is 1.92. The number of aromatic hydroxyl groups is 1. The normalized spacial score (nSPS) is 10.2. The zero-order valence-corrected chi connectivity index (χ0v) is 11.2. The van der Waals surface area contributed by atoms with E-state index in [1.807, 2.05) is 31.2 Å². The molecule has 0 saturated heterocycles. The number of carboxylic acid groups (broad SMARTS) is 1. The third-order valence-electron chi connectivity index (χ3n) is 2.98. The van der Waals surface area contributed by atoms with E-state index in [0.29, 0.717) is 12.4 Å². The molecule has 0 radical (unpaired) electrons. The van der Waals surface area contributed by atoms with Crippen LogP contribution in [0.1, 0.15) is 21.5 Å². The van der Waals surface area contributed by atoms with E-state index in [4.69, 9.17) is 9.84 Å². The fourth-order valence-electron chi connectivity index (χ4n) is 1.82. The maximum absolute atomic E-state index is 10.8. The molecular weight excluding hydrogens is 256 g/mol. The molecule has 2 aromatic rings. The molecule has 0 bridgehead atoms. The van der Waals surface area contributed by atoms with Crippen LogP contribution in [0.5, 0.6) is 11.5 Å². The number of rotatable bonds is 5. The van der Waals surface area contributed by atoms with Gasteiger partial charge in [0.1, 0.15) is 17.1 Å². The molecule has 4 heteroatoms. The molecule has 0 saturated carbocycles. The molecule has 0 aliphatic carbocycles. The van der Waals surface area contributed by atoms with E-state index < -0.39 is 5.97 Å². The highest BCUT2D eigenvalue weighted by molar-refractivity contribution is 5.90. The number of aromatic carboxylic acids is 1. The summed E-state index contributed by atoms with van der Waals surface area (Å²) >= 11 is 0. The second-order valence-corrected chi connectivity index (χ2v) is 4.57. The van der Waals surface area contributed by atoms with Crippen LogP contribution < -0.4 is 4.74 Å². The number of carboxylic acids is 1. The van der Waals surface area contributed by atoms with Crippen LogP contribution in [0.25, 0.3) is 0 Å². The molecule has 104 valence electrons. The lowest BCUT2D eigenvalue weighted by molar-refractivity contribution is 0.0693. The van der Waals surface area contributed by atoms with Crippen molar-refractivity contribution in [1.82, 2.24) is 0 Å². The predicted octanol–water partition coefficient (Wildman–Crippen LogP) is 3.02. The van der Waals surface area contributed by atoms with Crippen molar-refractivity contribution in [2.45, 2.75) is 13.3 Å². The quantitative estimate of drug-likeness (QED) is 0.878. The molecular formula is C16H16O4. The van der Waals surface area contributed by atoms with E-state index in [2.05, 4.69) is 0 Å². The second kappa shape index (κ2) is 6.10. The zero-order chi connectivity index (χ0) is 14.5.